The highest BCUT2D eigenvalue weighted by atomic mass is 19.2. The van der Waals surface area contributed by atoms with Gasteiger partial charge in [-0.2, -0.15) is 0 Å². The van der Waals surface area contributed by atoms with Crippen molar-refractivity contribution in [1.82, 2.24) is 19.1 Å². The third kappa shape index (κ3) is 4.17. The Morgan fingerprint density at radius 3 is 2.63 bits per heavy atom. The zero-order valence-electron chi connectivity index (χ0n) is 16.2. The Balaban J connectivity index is 1.66. The van der Waals surface area contributed by atoms with Gasteiger partial charge in [0.15, 0.2) is 11.6 Å². The van der Waals surface area contributed by atoms with Gasteiger partial charge in [0.1, 0.15) is 5.82 Å². The van der Waals surface area contributed by atoms with E-state index in [9.17, 15) is 13.6 Å². The zero-order chi connectivity index (χ0) is 20.9. The fourth-order valence-corrected chi connectivity index (χ4v) is 3.39. The van der Waals surface area contributed by atoms with Crippen LogP contribution < -0.4 is 11.0 Å². The summed E-state index contributed by atoms with van der Waals surface area (Å²) in [5, 5.41) is 3.16. The molecule has 0 aliphatic rings. The lowest BCUT2D eigenvalue weighted by Gasteiger charge is -2.12. The second-order valence-electron chi connectivity index (χ2n) is 6.90. The predicted octanol–water partition coefficient (Wildman–Crippen LogP) is 4.02. The number of rotatable bonds is 8. The van der Waals surface area contributed by atoms with Crippen molar-refractivity contribution in [3.8, 4) is 11.3 Å². The largest absolute Gasteiger partial charge is 0.366 e. The number of imidazole rings is 2. The zero-order valence-corrected chi connectivity index (χ0v) is 16.2. The molecule has 0 atom stereocenters. The van der Waals surface area contributed by atoms with E-state index in [2.05, 4.69) is 15.3 Å². The lowest BCUT2D eigenvalue weighted by molar-refractivity contribution is 0.508. The molecular formula is C22H21F2N5O. The molecule has 0 radical (unpaired) electrons. The predicted molar refractivity (Wildman–Crippen MR) is 111 cm³/mol. The first kappa shape index (κ1) is 19.6. The van der Waals surface area contributed by atoms with Crippen LogP contribution in [0.2, 0.25) is 0 Å². The van der Waals surface area contributed by atoms with Crippen molar-refractivity contribution in [2.75, 3.05) is 5.32 Å². The number of aromatic nitrogens is 4. The second-order valence-corrected chi connectivity index (χ2v) is 6.90. The molecular weight excluding hydrogens is 388 g/mol. The van der Waals surface area contributed by atoms with E-state index >= 15 is 0 Å². The highest BCUT2D eigenvalue weighted by Gasteiger charge is 2.20. The number of anilines is 1. The summed E-state index contributed by atoms with van der Waals surface area (Å²) in [5.41, 5.74) is 0.955. The van der Waals surface area contributed by atoms with E-state index in [0.717, 1.165) is 11.6 Å². The molecule has 0 unspecified atom stereocenters. The van der Waals surface area contributed by atoms with Crippen molar-refractivity contribution in [2.24, 2.45) is 0 Å². The van der Waals surface area contributed by atoms with Crippen LogP contribution >= 0.6 is 0 Å². The van der Waals surface area contributed by atoms with Gasteiger partial charge in [0.2, 0.25) is 0 Å². The Morgan fingerprint density at radius 2 is 1.87 bits per heavy atom. The summed E-state index contributed by atoms with van der Waals surface area (Å²) >= 11 is 0. The van der Waals surface area contributed by atoms with E-state index in [1.54, 1.807) is 12.5 Å². The normalized spacial score (nSPS) is 11.0. The molecule has 30 heavy (non-hydrogen) atoms. The average molecular weight is 409 g/mol. The van der Waals surface area contributed by atoms with Crippen molar-refractivity contribution >= 4 is 5.82 Å². The first-order valence-corrected chi connectivity index (χ1v) is 9.64. The minimum absolute atomic E-state index is 0.0338. The Morgan fingerprint density at radius 1 is 1.03 bits per heavy atom. The molecule has 0 amide bonds. The molecule has 8 heteroatoms. The molecule has 2 aromatic heterocycles. The topological polar surface area (TPSA) is 67.6 Å². The average Bonchev–Trinajstić information content (AvgIpc) is 3.38. The third-order valence-electron chi connectivity index (χ3n) is 4.86. The Bertz CT molecular complexity index is 1170. The van der Waals surface area contributed by atoms with Crippen LogP contribution in [0.1, 0.15) is 12.0 Å². The molecule has 0 saturated heterocycles. The lowest BCUT2D eigenvalue weighted by Crippen LogP contribution is -2.19. The number of benzene rings is 2. The number of hydrogen-bond donors (Lipinski definition) is 2. The van der Waals surface area contributed by atoms with Crippen LogP contribution in [0.15, 0.2) is 72.0 Å². The Kier molecular flexibility index (Phi) is 5.74. The number of aromatic amines is 1. The first-order chi connectivity index (χ1) is 14.6. The summed E-state index contributed by atoms with van der Waals surface area (Å²) < 4.78 is 31.9. The van der Waals surface area contributed by atoms with Crippen LogP contribution in [0.5, 0.6) is 0 Å². The van der Waals surface area contributed by atoms with Gasteiger partial charge in [-0.1, -0.05) is 36.4 Å². The minimum Gasteiger partial charge on any atom is -0.366 e. The molecule has 0 saturated carbocycles. The fourth-order valence-electron chi connectivity index (χ4n) is 3.39. The monoisotopic (exact) mass is 409 g/mol. The maximum Gasteiger partial charge on any atom is 0.327 e. The number of aryl methyl sites for hydroxylation is 1. The van der Waals surface area contributed by atoms with Crippen molar-refractivity contribution in [3.63, 3.8) is 0 Å². The molecule has 0 bridgehead atoms. The number of halogens is 2. The first-order valence-electron chi connectivity index (χ1n) is 9.64. The molecule has 6 nitrogen and oxygen atoms in total. The highest BCUT2D eigenvalue weighted by molar-refractivity contribution is 5.73. The number of nitrogens with one attached hydrogen (secondary N) is 2. The minimum atomic E-state index is -0.984. The molecule has 0 aliphatic carbocycles. The van der Waals surface area contributed by atoms with E-state index in [1.165, 1.54) is 16.7 Å². The summed E-state index contributed by atoms with van der Waals surface area (Å²) in [5.74, 6) is -1.58. The summed E-state index contributed by atoms with van der Waals surface area (Å²) in [6.07, 6.45) is 5.83. The summed E-state index contributed by atoms with van der Waals surface area (Å²) in [6.45, 7) is 1.42. The van der Waals surface area contributed by atoms with Gasteiger partial charge in [-0.25, -0.2) is 18.6 Å². The summed E-state index contributed by atoms with van der Waals surface area (Å²) in [7, 11) is 0. The van der Waals surface area contributed by atoms with E-state index in [-0.39, 0.29) is 11.3 Å². The molecule has 2 heterocycles. The van der Waals surface area contributed by atoms with Gasteiger partial charge in [-0.05, 0) is 24.1 Å². The Labute approximate surface area is 171 Å². The number of H-pyrrole nitrogens is 1. The van der Waals surface area contributed by atoms with Crippen LogP contribution in [0.3, 0.4) is 0 Å². The molecule has 4 aromatic rings. The quantitative estimate of drug-likeness (QED) is 0.462. The van der Waals surface area contributed by atoms with E-state index in [4.69, 9.17) is 0 Å². The van der Waals surface area contributed by atoms with Gasteiger partial charge < -0.3 is 9.88 Å². The van der Waals surface area contributed by atoms with E-state index in [1.807, 2.05) is 41.1 Å². The molecule has 0 spiro atoms. The number of nitrogens with zero attached hydrogens (tertiary/aromatic N) is 3. The molecule has 4 rings (SSSR count). The van der Waals surface area contributed by atoms with Crippen molar-refractivity contribution in [3.05, 3.63) is 94.9 Å². The molecule has 154 valence electrons. The highest BCUT2D eigenvalue weighted by Crippen LogP contribution is 2.30. The van der Waals surface area contributed by atoms with Gasteiger partial charge in [-0.3, -0.25) is 9.55 Å². The SMILES string of the molecule is O=c1[nH]c(NCc2ccccc2)c(-c2cccc(F)c2F)n1CCCn1ccnc1. The van der Waals surface area contributed by atoms with Crippen LogP contribution in [0.4, 0.5) is 14.6 Å². The van der Waals surface area contributed by atoms with Gasteiger partial charge in [0.25, 0.3) is 0 Å². The third-order valence-corrected chi connectivity index (χ3v) is 4.86. The van der Waals surface area contributed by atoms with Gasteiger partial charge in [0, 0.05) is 37.6 Å². The second kappa shape index (κ2) is 8.77. The number of hydrogen-bond acceptors (Lipinski definition) is 3. The maximum atomic E-state index is 14.6. The maximum absolute atomic E-state index is 14.6. The Hall–Kier alpha value is -3.68. The summed E-state index contributed by atoms with van der Waals surface area (Å²) in [4.78, 5) is 19.4. The van der Waals surface area contributed by atoms with Gasteiger partial charge in [0.05, 0.1) is 12.0 Å². The van der Waals surface area contributed by atoms with Crippen LogP contribution in [-0.4, -0.2) is 19.1 Å². The molecule has 0 fully saturated rings. The molecule has 2 aromatic carbocycles. The molecule has 0 aliphatic heterocycles. The lowest BCUT2D eigenvalue weighted by atomic mass is 10.1. The van der Waals surface area contributed by atoms with E-state index < -0.39 is 11.6 Å². The van der Waals surface area contributed by atoms with Crippen LogP contribution in [-0.2, 0) is 19.6 Å². The van der Waals surface area contributed by atoms with E-state index in [0.29, 0.717) is 37.6 Å². The van der Waals surface area contributed by atoms with Crippen molar-refractivity contribution in [1.29, 1.82) is 0 Å². The smallest absolute Gasteiger partial charge is 0.327 e. The van der Waals surface area contributed by atoms with Crippen LogP contribution in [0.25, 0.3) is 11.3 Å². The van der Waals surface area contributed by atoms with Crippen LogP contribution in [0, 0.1) is 11.6 Å². The fraction of sp³-hybridized carbons (Fsp3) is 0.182. The molecule has 2 N–H and O–H groups in total. The van der Waals surface area contributed by atoms with Crippen molar-refractivity contribution < 1.29 is 8.78 Å². The van der Waals surface area contributed by atoms with Gasteiger partial charge >= 0.3 is 5.69 Å². The standard InChI is InChI=1S/C22H21F2N5O/c23-18-9-4-8-17(19(18)24)20-21(26-14-16-6-2-1-3-7-16)27-22(30)29(20)12-5-11-28-13-10-25-15-28/h1-4,6-10,13,15,26H,5,11-12,14H2,(H,27,30). The summed E-state index contributed by atoms with van der Waals surface area (Å²) in [6, 6.07) is 13.6. The van der Waals surface area contributed by atoms with Gasteiger partial charge in [-0.15, -0.1) is 0 Å². The van der Waals surface area contributed by atoms with Crippen molar-refractivity contribution in [2.45, 2.75) is 26.1 Å².